The van der Waals surface area contributed by atoms with Crippen molar-refractivity contribution < 1.29 is 26.7 Å². The average Bonchev–Trinajstić information content (AvgIpc) is 2.80. The lowest BCUT2D eigenvalue weighted by atomic mass is 9.93. The van der Waals surface area contributed by atoms with E-state index in [1.165, 1.54) is 22.9 Å². The van der Waals surface area contributed by atoms with Gasteiger partial charge >= 0.3 is 12.1 Å². The van der Waals surface area contributed by atoms with Crippen molar-refractivity contribution in [2.45, 2.75) is 24.9 Å². The number of fused-ring (bicyclic) bond motifs is 1. The molecule has 0 amide bonds. The molecule has 0 N–H and O–H groups in total. The van der Waals surface area contributed by atoms with E-state index < -0.39 is 29.9 Å². The van der Waals surface area contributed by atoms with Crippen LogP contribution in [0.4, 0.5) is 22.0 Å². The van der Waals surface area contributed by atoms with Gasteiger partial charge in [0.1, 0.15) is 0 Å². The fourth-order valence-corrected chi connectivity index (χ4v) is 3.45. The van der Waals surface area contributed by atoms with E-state index in [0.29, 0.717) is 15.0 Å². The topological polar surface area (TPSA) is 22.0 Å². The van der Waals surface area contributed by atoms with Gasteiger partial charge in [-0.2, -0.15) is 22.0 Å². The van der Waals surface area contributed by atoms with Crippen molar-refractivity contribution in [2.75, 3.05) is 0 Å². The Bertz CT molecular complexity index is 776. The van der Waals surface area contributed by atoms with Crippen molar-refractivity contribution in [3.05, 3.63) is 50.9 Å². The average molecular weight is 441 g/mol. The number of hydrogen-bond acceptors (Lipinski definition) is 1. The molecule has 1 aliphatic carbocycles. The first-order valence-corrected chi connectivity index (χ1v) is 7.69. The van der Waals surface area contributed by atoms with Crippen LogP contribution in [0.15, 0.2) is 30.5 Å². The molecular formula is C15H9F5INO. The Hall–Kier alpha value is -1.45. The zero-order chi connectivity index (χ0) is 17.0. The summed E-state index contributed by atoms with van der Waals surface area (Å²) in [5.74, 6) is -4.62. The van der Waals surface area contributed by atoms with Gasteiger partial charge < -0.3 is 4.57 Å². The number of benzene rings is 1. The number of nitrogens with zero attached hydrogens (tertiary/aromatic N) is 1. The van der Waals surface area contributed by atoms with Crippen LogP contribution >= 0.6 is 22.6 Å². The van der Waals surface area contributed by atoms with Crippen molar-refractivity contribution in [3.63, 3.8) is 0 Å². The summed E-state index contributed by atoms with van der Waals surface area (Å²) in [4.78, 5) is 11.9. The number of hydrogen-bond donors (Lipinski definition) is 0. The number of alkyl halides is 5. The number of ketones is 1. The summed E-state index contributed by atoms with van der Waals surface area (Å²) in [6.07, 6.45) is -3.56. The second-order valence-electron chi connectivity index (χ2n) is 5.25. The molecule has 0 aliphatic heterocycles. The van der Waals surface area contributed by atoms with Gasteiger partial charge in [-0.1, -0.05) is 0 Å². The zero-order valence-corrected chi connectivity index (χ0v) is 13.6. The van der Waals surface area contributed by atoms with E-state index in [1.807, 2.05) is 0 Å². The van der Waals surface area contributed by atoms with Gasteiger partial charge in [-0.3, -0.25) is 4.79 Å². The maximum atomic E-state index is 13.6. The van der Waals surface area contributed by atoms with Crippen molar-refractivity contribution in [2.24, 2.45) is 0 Å². The van der Waals surface area contributed by atoms with E-state index in [0.717, 1.165) is 12.1 Å². The normalized spacial score (nSPS) is 17.2. The second kappa shape index (κ2) is 5.29. The molecule has 1 aromatic heterocycles. The smallest absolute Gasteiger partial charge is 0.319 e. The Kier molecular flexibility index (Phi) is 3.77. The molecule has 0 spiro atoms. The Balaban J connectivity index is 2.07. The number of carbonyl (C=O) groups is 1. The number of aromatic nitrogens is 1. The molecule has 23 heavy (non-hydrogen) atoms. The van der Waals surface area contributed by atoms with E-state index in [1.54, 1.807) is 22.6 Å². The minimum absolute atomic E-state index is 0.0158. The summed E-state index contributed by atoms with van der Waals surface area (Å²) >= 11 is 1.79. The van der Waals surface area contributed by atoms with Gasteiger partial charge in [-0.25, -0.2) is 0 Å². The predicted octanol–water partition coefficient (Wildman–Crippen LogP) is 4.86. The van der Waals surface area contributed by atoms with Gasteiger partial charge in [0.15, 0.2) is 0 Å². The van der Waals surface area contributed by atoms with Gasteiger partial charge in [-0.05, 0) is 53.3 Å². The third-order valence-corrected chi connectivity index (χ3v) is 4.59. The van der Waals surface area contributed by atoms with E-state index in [-0.39, 0.29) is 12.0 Å². The maximum Gasteiger partial charge on any atom is 0.416 e. The van der Waals surface area contributed by atoms with Crippen molar-refractivity contribution in [3.8, 4) is 5.69 Å². The van der Waals surface area contributed by atoms with Gasteiger partial charge in [0.05, 0.1) is 11.1 Å². The Labute approximate surface area is 141 Å². The molecule has 0 radical (unpaired) electrons. The molecule has 0 bridgehead atoms. The molecule has 8 heteroatoms. The van der Waals surface area contributed by atoms with E-state index in [2.05, 4.69) is 0 Å². The van der Waals surface area contributed by atoms with Crippen LogP contribution in [0.2, 0.25) is 0 Å². The van der Waals surface area contributed by atoms with Crippen LogP contribution in [0.25, 0.3) is 5.69 Å². The minimum Gasteiger partial charge on any atom is -0.319 e. The van der Waals surface area contributed by atoms with Crippen LogP contribution in [0.1, 0.15) is 28.0 Å². The summed E-state index contributed by atoms with van der Waals surface area (Å²) < 4.78 is 66.8. The molecule has 1 aromatic carbocycles. The molecular weight excluding hydrogens is 432 g/mol. The van der Waals surface area contributed by atoms with Crippen LogP contribution in [-0.2, 0) is 12.6 Å². The third kappa shape index (κ3) is 2.77. The molecule has 0 fully saturated rings. The van der Waals surface area contributed by atoms with Crippen LogP contribution in [0, 0.1) is 3.57 Å². The molecule has 3 rings (SSSR count). The molecule has 2 nitrogen and oxygen atoms in total. The first kappa shape index (κ1) is 16.4. The number of Topliss-reactive ketones (excluding diaryl/α,β-unsaturated/α-hetero) is 1. The van der Waals surface area contributed by atoms with Crippen molar-refractivity contribution >= 4 is 28.4 Å². The summed E-state index contributed by atoms with van der Waals surface area (Å²) in [6.45, 7) is 0. The molecule has 122 valence electrons. The Morgan fingerprint density at radius 3 is 2.30 bits per heavy atom. The fraction of sp³-hybridized carbons (Fsp3) is 0.267. The van der Waals surface area contributed by atoms with Crippen LogP contribution in [0.3, 0.4) is 0 Å². The molecule has 0 unspecified atom stereocenters. The summed E-state index contributed by atoms with van der Waals surface area (Å²) in [7, 11) is 0. The summed E-state index contributed by atoms with van der Waals surface area (Å²) in [5.41, 5.74) is -0.0263. The quantitative estimate of drug-likeness (QED) is 0.458. The lowest BCUT2D eigenvalue weighted by molar-refractivity contribution is -0.137. The van der Waals surface area contributed by atoms with Gasteiger partial charge in [0, 0.05) is 27.6 Å². The fourth-order valence-electron chi connectivity index (χ4n) is 2.61. The molecule has 0 saturated carbocycles. The number of carbonyl (C=O) groups excluding carboxylic acids is 1. The van der Waals surface area contributed by atoms with E-state index >= 15 is 0 Å². The second-order valence-corrected chi connectivity index (χ2v) is 6.41. The summed E-state index contributed by atoms with van der Waals surface area (Å²) in [6, 6.07) is 4.37. The van der Waals surface area contributed by atoms with Crippen LogP contribution in [-0.4, -0.2) is 16.3 Å². The first-order valence-electron chi connectivity index (χ1n) is 6.61. The highest BCUT2D eigenvalue weighted by Gasteiger charge is 2.45. The van der Waals surface area contributed by atoms with E-state index in [9.17, 15) is 26.7 Å². The van der Waals surface area contributed by atoms with E-state index in [4.69, 9.17) is 0 Å². The maximum absolute atomic E-state index is 13.6. The minimum atomic E-state index is -4.44. The predicted molar refractivity (Wildman–Crippen MR) is 81.1 cm³/mol. The van der Waals surface area contributed by atoms with Gasteiger partial charge in [-0.15, -0.1) is 0 Å². The first-order chi connectivity index (χ1) is 10.6. The van der Waals surface area contributed by atoms with Crippen LogP contribution in [0.5, 0.6) is 0 Å². The summed E-state index contributed by atoms with van der Waals surface area (Å²) in [5, 5.41) is 0. The SMILES string of the molecule is O=C1c2c(I)cn(-c3ccc(C(F)(F)F)cc3)c2CCC1(F)F. The third-order valence-electron chi connectivity index (χ3n) is 3.77. The molecule has 1 aliphatic rings. The zero-order valence-electron chi connectivity index (χ0n) is 11.4. The lowest BCUT2D eigenvalue weighted by Gasteiger charge is -2.22. The monoisotopic (exact) mass is 441 g/mol. The Morgan fingerprint density at radius 2 is 1.74 bits per heavy atom. The Morgan fingerprint density at radius 1 is 1.13 bits per heavy atom. The van der Waals surface area contributed by atoms with Crippen molar-refractivity contribution in [1.29, 1.82) is 0 Å². The highest BCUT2D eigenvalue weighted by Crippen LogP contribution is 2.37. The standard InChI is InChI=1S/C15H9F5INO/c16-14(17)6-5-11-12(13(14)23)10(21)7-22(11)9-3-1-8(2-4-9)15(18,19)20/h1-4,7H,5-6H2. The number of rotatable bonds is 1. The highest BCUT2D eigenvalue weighted by atomic mass is 127. The molecule has 0 saturated heterocycles. The molecule has 1 heterocycles. The van der Waals surface area contributed by atoms with Gasteiger partial charge in [0.2, 0.25) is 5.78 Å². The van der Waals surface area contributed by atoms with Crippen molar-refractivity contribution in [1.82, 2.24) is 4.57 Å². The lowest BCUT2D eigenvalue weighted by Crippen LogP contribution is -2.34. The molecule has 2 aromatic rings. The number of halogens is 6. The molecule has 0 atom stereocenters. The van der Waals surface area contributed by atoms with Gasteiger partial charge in [0.25, 0.3) is 0 Å². The highest BCUT2D eigenvalue weighted by molar-refractivity contribution is 14.1. The largest absolute Gasteiger partial charge is 0.416 e. The van der Waals surface area contributed by atoms with Crippen LogP contribution < -0.4 is 0 Å².